The summed E-state index contributed by atoms with van der Waals surface area (Å²) in [5, 5.41) is 9.29. The van der Waals surface area contributed by atoms with Gasteiger partial charge >= 0.3 is 0 Å². The zero-order valence-corrected chi connectivity index (χ0v) is 13.8. The SMILES string of the molecule is CCN1C(=O)c2ccc(C(=O)N(CCO)c3ccccc3)cc2C1=O. The van der Waals surface area contributed by atoms with E-state index in [1.165, 1.54) is 17.0 Å². The zero-order chi connectivity index (χ0) is 18.0. The van der Waals surface area contributed by atoms with Crippen LogP contribution in [0.15, 0.2) is 48.5 Å². The smallest absolute Gasteiger partial charge is 0.261 e. The van der Waals surface area contributed by atoms with E-state index in [2.05, 4.69) is 0 Å². The van der Waals surface area contributed by atoms with Gasteiger partial charge in [0.2, 0.25) is 0 Å². The largest absolute Gasteiger partial charge is 0.395 e. The molecular formula is C19H18N2O4. The minimum atomic E-state index is -0.384. The van der Waals surface area contributed by atoms with Gasteiger partial charge in [-0.2, -0.15) is 0 Å². The number of hydrogen-bond acceptors (Lipinski definition) is 4. The number of benzene rings is 2. The third kappa shape index (κ3) is 2.92. The lowest BCUT2D eigenvalue weighted by Crippen LogP contribution is -2.33. The van der Waals surface area contributed by atoms with Gasteiger partial charge in [-0.05, 0) is 37.3 Å². The molecule has 0 fully saturated rings. The molecule has 0 unspecified atom stereocenters. The first kappa shape index (κ1) is 16.9. The first-order valence-corrected chi connectivity index (χ1v) is 8.06. The van der Waals surface area contributed by atoms with Gasteiger partial charge in [0, 0.05) is 24.3 Å². The van der Waals surface area contributed by atoms with Gasteiger partial charge in [-0.1, -0.05) is 18.2 Å². The lowest BCUT2D eigenvalue weighted by atomic mass is 10.0. The maximum absolute atomic E-state index is 12.9. The Morgan fingerprint density at radius 1 is 1.04 bits per heavy atom. The predicted octanol–water partition coefficient (Wildman–Crippen LogP) is 1.94. The van der Waals surface area contributed by atoms with Crippen LogP contribution in [0.4, 0.5) is 5.69 Å². The molecule has 1 heterocycles. The summed E-state index contributed by atoms with van der Waals surface area (Å²) in [5.41, 5.74) is 1.52. The fourth-order valence-corrected chi connectivity index (χ4v) is 2.92. The number of amides is 3. The molecule has 0 aliphatic carbocycles. The number of rotatable bonds is 5. The number of nitrogens with zero attached hydrogens (tertiary/aromatic N) is 2. The van der Waals surface area contributed by atoms with Crippen molar-refractivity contribution in [3.63, 3.8) is 0 Å². The number of hydrogen-bond donors (Lipinski definition) is 1. The van der Waals surface area contributed by atoms with Crippen LogP contribution in [0.2, 0.25) is 0 Å². The van der Waals surface area contributed by atoms with Crippen molar-refractivity contribution in [3.05, 3.63) is 65.2 Å². The van der Waals surface area contributed by atoms with Crippen molar-refractivity contribution in [3.8, 4) is 0 Å². The molecule has 1 N–H and O–H groups in total. The highest BCUT2D eigenvalue weighted by Crippen LogP contribution is 2.25. The Labute approximate surface area is 145 Å². The van der Waals surface area contributed by atoms with Crippen LogP contribution in [0.25, 0.3) is 0 Å². The second kappa shape index (κ2) is 6.86. The van der Waals surface area contributed by atoms with Crippen LogP contribution in [0.3, 0.4) is 0 Å². The number of aliphatic hydroxyl groups excluding tert-OH is 1. The maximum Gasteiger partial charge on any atom is 0.261 e. The van der Waals surface area contributed by atoms with Crippen molar-refractivity contribution < 1.29 is 19.5 Å². The summed E-state index contributed by atoms with van der Waals surface area (Å²) < 4.78 is 0. The third-order valence-corrected chi connectivity index (χ3v) is 4.17. The molecule has 1 aliphatic rings. The van der Waals surface area contributed by atoms with Crippen LogP contribution in [-0.4, -0.2) is 47.4 Å². The van der Waals surface area contributed by atoms with Crippen LogP contribution >= 0.6 is 0 Å². The van der Waals surface area contributed by atoms with E-state index in [0.29, 0.717) is 16.8 Å². The Hall–Kier alpha value is -2.99. The summed E-state index contributed by atoms with van der Waals surface area (Å²) in [6.07, 6.45) is 0. The monoisotopic (exact) mass is 338 g/mol. The summed E-state index contributed by atoms with van der Waals surface area (Å²) >= 11 is 0. The van der Waals surface area contributed by atoms with Crippen molar-refractivity contribution in [2.75, 3.05) is 24.6 Å². The van der Waals surface area contributed by atoms with Crippen LogP contribution in [0.1, 0.15) is 38.0 Å². The van der Waals surface area contributed by atoms with Crippen molar-refractivity contribution in [2.24, 2.45) is 0 Å². The highest BCUT2D eigenvalue weighted by Gasteiger charge is 2.35. The first-order valence-electron chi connectivity index (χ1n) is 8.06. The Kier molecular flexibility index (Phi) is 4.63. The molecule has 6 heteroatoms. The molecule has 2 aromatic carbocycles. The molecule has 0 saturated carbocycles. The Morgan fingerprint density at radius 3 is 2.36 bits per heavy atom. The average molecular weight is 338 g/mol. The lowest BCUT2D eigenvalue weighted by Gasteiger charge is -2.22. The van der Waals surface area contributed by atoms with Gasteiger partial charge in [-0.15, -0.1) is 0 Å². The quantitative estimate of drug-likeness (QED) is 0.845. The number of carbonyl (C=O) groups is 3. The van der Waals surface area contributed by atoms with E-state index in [1.54, 1.807) is 37.3 Å². The van der Waals surface area contributed by atoms with E-state index >= 15 is 0 Å². The number of aliphatic hydroxyl groups is 1. The molecule has 6 nitrogen and oxygen atoms in total. The molecule has 0 saturated heterocycles. The summed E-state index contributed by atoms with van der Waals surface area (Å²) in [4.78, 5) is 40.0. The minimum absolute atomic E-state index is 0.133. The molecule has 3 rings (SSSR count). The fraction of sp³-hybridized carbons (Fsp3) is 0.211. The van der Waals surface area contributed by atoms with Crippen molar-refractivity contribution in [2.45, 2.75) is 6.92 Å². The fourth-order valence-electron chi connectivity index (χ4n) is 2.92. The van der Waals surface area contributed by atoms with Crippen LogP contribution in [-0.2, 0) is 0 Å². The van der Waals surface area contributed by atoms with Crippen LogP contribution < -0.4 is 4.90 Å². The number of imide groups is 1. The standard InChI is InChI=1S/C19H18N2O4/c1-2-20-18(24)15-9-8-13(12-16(15)19(20)25)17(23)21(10-11-22)14-6-4-3-5-7-14/h3-9,12,22H,2,10-11H2,1H3. The Morgan fingerprint density at radius 2 is 1.72 bits per heavy atom. The van der Waals surface area contributed by atoms with Gasteiger partial charge in [0.05, 0.1) is 17.7 Å². The molecule has 25 heavy (non-hydrogen) atoms. The van der Waals surface area contributed by atoms with Crippen LogP contribution in [0, 0.1) is 0 Å². The van der Waals surface area contributed by atoms with E-state index in [1.807, 2.05) is 6.07 Å². The predicted molar refractivity (Wildman–Crippen MR) is 92.7 cm³/mol. The molecular weight excluding hydrogens is 320 g/mol. The molecule has 128 valence electrons. The van der Waals surface area contributed by atoms with Crippen molar-refractivity contribution in [1.29, 1.82) is 0 Å². The number of para-hydroxylation sites is 1. The molecule has 1 aliphatic heterocycles. The van der Waals surface area contributed by atoms with E-state index < -0.39 is 0 Å². The second-order valence-corrected chi connectivity index (χ2v) is 5.63. The Balaban J connectivity index is 1.97. The summed E-state index contributed by atoms with van der Waals surface area (Å²) in [6, 6.07) is 13.5. The minimum Gasteiger partial charge on any atom is -0.395 e. The van der Waals surface area contributed by atoms with E-state index in [0.717, 1.165) is 4.90 Å². The van der Waals surface area contributed by atoms with E-state index in [9.17, 15) is 19.5 Å². The zero-order valence-electron chi connectivity index (χ0n) is 13.8. The van der Waals surface area contributed by atoms with Gasteiger partial charge in [0.15, 0.2) is 0 Å². The van der Waals surface area contributed by atoms with Gasteiger partial charge in [0.1, 0.15) is 0 Å². The average Bonchev–Trinajstić information content (AvgIpc) is 2.89. The Bertz CT molecular complexity index is 833. The van der Waals surface area contributed by atoms with Crippen molar-refractivity contribution in [1.82, 2.24) is 4.90 Å². The van der Waals surface area contributed by atoms with E-state index in [-0.39, 0.29) is 43.0 Å². The molecule has 0 spiro atoms. The molecule has 0 bridgehead atoms. The molecule has 0 aromatic heterocycles. The van der Waals surface area contributed by atoms with Crippen molar-refractivity contribution >= 4 is 23.4 Å². The maximum atomic E-state index is 12.9. The lowest BCUT2D eigenvalue weighted by molar-refractivity contribution is 0.0662. The van der Waals surface area contributed by atoms with Gasteiger partial charge in [0.25, 0.3) is 17.7 Å². The number of anilines is 1. The summed E-state index contributed by atoms with van der Waals surface area (Å²) in [5.74, 6) is -1.06. The highest BCUT2D eigenvalue weighted by molar-refractivity contribution is 6.22. The normalized spacial score (nSPS) is 13.1. The highest BCUT2D eigenvalue weighted by atomic mass is 16.3. The van der Waals surface area contributed by atoms with E-state index in [4.69, 9.17) is 0 Å². The molecule has 0 atom stereocenters. The number of fused-ring (bicyclic) bond motifs is 1. The third-order valence-electron chi connectivity index (χ3n) is 4.17. The summed E-state index contributed by atoms with van der Waals surface area (Å²) in [6.45, 7) is 1.96. The van der Waals surface area contributed by atoms with Gasteiger partial charge in [-0.25, -0.2) is 0 Å². The molecule has 0 radical (unpaired) electrons. The number of carbonyl (C=O) groups excluding carboxylic acids is 3. The topological polar surface area (TPSA) is 77.9 Å². The molecule has 2 aromatic rings. The molecule has 3 amide bonds. The second-order valence-electron chi connectivity index (χ2n) is 5.63. The van der Waals surface area contributed by atoms with Crippen LogP contribution in [0.5, 0.6) is 0 Å². The van der Waals surface area contributed by atoms with Gasteiger partial charge < -0.3 is 10.0 Å². The van der Waals surface area contributed by atoms with Gasteiger partial charge in [-0.3, -0.25) is 19.3 Å². The summed E-state index contributed by atoms with van der Waals surface area (Å²) in [7, 11) is 0. The first-order chi connectivity index (χ1) is 12.1.